The number of thiazole rings is 1. The van der Waals surface area contributed by atoms with Crippen molar-refractivity contribution < 1.29 is 17.9 Å². The summed E-state index contributed by atoms with van der Waals surface area (Å²) in [7, 11) is -3.35. The van der Waals surface area contributed by atoms with Crippen molar-refractivity contribution in [3.63, 3.8) is 0 Å². The molecule has 6 nitrogen and oxygen atoms in total. The van der Waals surface area contributed by atoms with Crippen LogP contribution in [0.2, 0.25) is 0 Å². The summed E-state index contributed by atoms with van der Waals surface area (Å²) < 4.78 is 30.6. The van der Waals surface area contributed by atoms with Crippen molar-refractivity contribution in [2.24, 2.45) is 0 Å². The van der Waals surface area contributed by atoms with E-state index in [1.54, 1.807) is 4.90 Å². The van der Waals surface area contributed by atoms with E-state index in [1.165, 1.54) is 11.3 Å². The molecule has 124 valence electrons. The standard InChI is InChI=1S/C15H18N2O4S2/c18-15(17-6-8-21-9-7-17)5-10-23(19,20)11-14-16-12-3-1-2-4-13(12)22-14/h1-4H,5-11H2. The van der Waals surface area contributed by atoms with Crippen LogP contribution < -0.4 is 0 Å². The number of para-hydroxylation sites is 1. The summed E-state index contributed by atoms with van der Waals surface area (Å²) in [6.07, 6.45) is 0.0211. The lowest BCUT2D eigenvalue weighted by Gasteiger charge is -2.26. The van der Waals surface area contributed by atoms with E-state index < -0.39 is 9.84 Å². The van der Waals surface area contributed by atoms with Crippen LogP contribution in [0.5, 0.6) is 0 Å². The lowest BCUT2D eigenvalue weighted by atomic mass is 10.3. The predicted octanol–water partition coefficient (Wildman–Crippen LogP) is 1.46. The number of ether oxygens (including phenoxy) is 1. The highest BCUT2D eigenvalue weighted by Gasteiger charge is 2.21. The molecule has 3 rings (SSSR count). The zero-order valence-corrected chi connectivity index (χ0v) is 14.2. The lowest BCUT2D eigenvalue weighted by Crippen LogP contribution is -2.41. The first-order valence-corrected chi connectivity index (χ1v) is 10.1. The molecule has 0 bridgehead atoms. The number of benzene rings is 1. The van der Waals surface area contributed by atoms with Crippen molar-refractivity contribution in [1.82, 2.24) is 9.88 Å². The van der Waals surface area contributed by atoms with Crippen LogP contribution in [0, 0.1) is 0 Å². The van der Waals surface area contributed by atoms with Crippen LogP contribution in [-0.4, -0.2) is 56.3 Å². The zero-order chi connectivity index (χ0) is 16.3. The molecule has 0 N–H and O–H groups in total. The van der Waals surface area contributed by atoms with Crippen LogP contribution in [-0.2, 0) is 25.1 Å². The van der Waals surface area contributed by atoms with Crippen molar-refractivity contribution in [3.8, 4) is 0 Å². The van der Waals surface area contributed by atoms with Gasteiger partial charge in [0.1, 0.15) is 10.8 Å². The molecule has 1 aliphatic heterocycles. The molecular weight excluding hydrogens is 336 g/mol. The fourth-order valence-corrected chi connectivity index (χ4v) is 5.06. The maximum absolute atomic E-state index is 12.2. The van der Waals surface area contributed by atoms with Gasteiger partial charge in [-0.2, -0.15) is 0 Å². The van der Waals surface area contributed by atoms with E-state index in [0.717, 1.165) is 10.2 Å². The Morgan fingerprint density at radius 1 is 1.26 bits per heavy atom. The van der Waals surface area contributed by atoms with E-state index >= 15 is 0 Å². The Bertz CT molecular complexity index is 762. The number of hydrogen-bond acceptors (Lipinski definition) is 6. The normalized spacial score (nSPS) is 15.9. The zero-order valence-electron chi connectivity index (χ0n) is 12.6. The first-order chi connectivity index (χ1) is 11.0. The molecule has 0 saturated carbocycles. The second-order valence-corrected chi connectivity index (χ2v) is 8.71. The number of hydrogen-bond donors (Lipinski definition) is 0. The van der Waals surface area contributed by atoms with Crippen LogP contribution in [0.15, 0.2) is 24.3 Å². The quantitative estimate of drug-likeness (QED) is 0.812. The Morgan fingerprint density at radius 2 is 2.00 bits per heavy atom. The third kappa shape index (κ3) is 4.27. The molecule has 2 aromatic rings. The predicted molar refractivity (Wildman–Crippen MR) is 89.1 cm³/mol. The molecule has 23 heavy (non-hydrogen) atoms. The van der Waals surface area contributed by atoms with E-state index in [0.29, 0.717) is 31.3 Å². The van der Waals surface area contributed by atoms with Gasteiger partial charge in [0.15, 0.2) is 9.84 Å². The van der Waals surface area contributed by atoms with Gasteiger partial charge in [0.05, 0.1) is 29.2 Å². The van der Waals surface area contributed by atoms with Gasteiger partial charge in [-0.05, 0) is 12.1 Å². The third-order valence-corrected chi connectivity index (χ3v) is 6.43. The first-order valence-electron chi connectivity index (χ1n) is 7.44. The SMILES string of the molecule is O=C(CCS(=O)(=O)Cc1nc2ccccc2s1)N1CCOCC1. The Kier molecular flexibility index (Phi) is 4.93. The van der Waals surface area contributed by atoms with Crippen LogP contribution in [0.3, 0.4) is 0 Å². The van der Waals surface area contributed by atoms with Gasteiger partial charge in [-0.1, -0.05) is 12.1 Å². The summed E-state index contributed by atoms with van der Waals surface area (Å²) in [5.41, 5.74) is 0.812. The topological polar surface area (TPSA) is 76.6 Å². The van der Waals surface area contributed by atoms with Crippen molar-refractivity contribution in [2.75, 3.05) is 32.1 Å². The van der Waals surface area contributed by atoms with Crippen molar-refractivity contribution >= 4 is 37.3 Å². The van der Waals surface area contributed by atoms with Gasteiger partial charge in [0, 0.05) is 19.5 Å². The molecule has 0 atom stereocenters. The van der Waals surface area contributed by atoms with Crippen LogP contribution >= 0.6 is 11.3 Å². The molecule has 0 spiro atoms. The number of morpholine rings is 1. The molecule has 0 aliphatic carbocycles. The smallest absolute Gasteiger partial charge is 0.223 e. The van der Waals surface area contributed by atoms with Crippen LogP contribution in [0.1, 0.15) is 11.4 Å². The number of sulfone groups is 1. The monoisotopic (exact) mass is 354 g/mol. The molecule has 1 aliphatic rings. The lowest BCUT2D eigenvalue weighted by molar-refractivity contribution is -0.134. The van der Waals surface area contributed by atoms with Crippen molar-refractivity contribution in [3.05, 3.63) is 29.3 Å². The van der Waals surface area contributed by atoms with E-state index in [9.17, 15) is 13.2 Å². The Morgan fingerprint density at radius 3 is 2.74 bits per heavy atom. The largest absolute Gasteiger partial charge is 0.378 e. The van der Waals surface area contributed by atoms with Gasteiger partial charge in [-0.3, -0.25) is 4.79 Å². The van der Waals surface area contributed by atoms with Crippen molar-refractivity contribution in [1.29, 1.82) is 0 Å². The minimum Gasteiger partial charge on any atom is -0.378 e. The van der Waals surface area contributed by atoms with Crippen LogP contribution in [0.25, 0.3) is 10.2 Å². The minimum absolute atomic E-state index is 0.0211. The molecule has 1 aromatic heterocycles. The van der Waals surface area contributed by atoms with E-state index in [1.807, 2.05) is 24.3 Å². The summed E-state index contributed by atoms with van der Waals surface area (Å²) in [5, 5.41) is 0.574. The number of nitrogens with zero attached hydrogens (tertiary/aromatic N) is 2. The van der Waals surface area contributed by atoms with Crippen molar-refractivity contribution in [2.45, 2.75) is 12.2 Å². The van der Waals surface area contributed by atoms with Gasteiger partial charge in [-0.15, -0.1) is 11.3 Å². The summed E-state index contributed by atoms with van der Waals surface area (Å²) in [4.78, 5) is 18.0. The number of carbonyl (C=O) groups excluding carboxylic acids is 1. The summed E-state index contributed by atoms with van der Waals surface area (Å²) >= 11 is 1.38. The van der Waals surface area contributed by atoms with Gasteiger partial charge in [0.2, 0.25) is 5.91 Å². The minimum atomic E-state index is -3.35. The Labute approximate surface area is 139 Å². The van der Waals surface area contributed by atoms with E-state index in [4.69, 9.17) is 4.74 Å². The van der Waals surface area contributed by atoms with Crippen LogP contribution in [0.4, 0.5) is 0 Å². The second kappa shape index (κ2) is 6.94. The number of amides is 1. The molecule has 1 fully saturated rings. The summed E-state index contributed by atoms with van der Waals surface area (Å²) in [6.45, 7) is 2.11. The molecule has 1 aromatic carbocycles. The second-order valence-electron chi connectivity index (χ2n) is 5.41. The van der Waals surface area contributed by atoms with Gasteiger partial charge in [-0.25, -0.2) is 13.4 Å². The summed E-state index contributed by atoms with van der Waals surface area (Å²) in [6, 6.07) is 7.57. The van der Waals surface area contributed by atoms with Gasteiger partial charge < -0.3 is 9.64 Å². The molecule has 1 amide bonds. The highest BCUT2D eigenvalue weighted by Crippen LogP contribution is 2.23. The maximum atomic E-state index is 12.2. The highest BCUT2D eigenvalue weighted by atomic mass is 32.2. The highest BCUT2D eigenvalue weighted by molar-refractivity contribution is 7.90. The average Bonchev–Trinajstić information content (AvgIpc) is 2.95. The third-order valence-electron chi connectivity index (χ3n) is 3.67. The molecular formula is C15H18N2O4S2. The van der Waals surface area contributed by atoms with E-state index in [-0.39, 0.29) is 23.8 Å². The van der Waals surface area contributed by atoms with Gasteiger partial charge >= 0.3 is 0 Å². The Hall–Kier alpha value is -1.51. The summed E-state index contributed by atoms with van der Waals surface area (Å²) in [5.74, 6) is -0.372. The maximum Gasteiger partial charge on any atom is 0.223 e. The molecule has 0 unspecified atom stereocenters. The number of fused-ring (bicyclic) bond motifs is 1. The van der Waals surface area contributed by atoms with E-state index in [2.05, 4.69) is 4.98 Å². The molecule has 1 saturated heterocycles. The number of aromatic nitrogens is 1. The molecule has 2 heterocycles. The average molecular weight is 354 g/mol. The number of carbonyl (C=O) groups is 1. The fourth-order valence-electron chi connectivity index (χ4n) is 2.46. The van der Waals surface area contributed by atoms with Gasteiger partial charge in [0.25, 0.3) is 0 Å². The molecule has 0 radical (unpaired) electrons. The Balaban J connectivity index is 1.59. The number of rotatable bonds is 5. The fraction of sp³-hybridized carbons (Fsp3) is 0.467. The molecule has 8 heteroatoms. The first kappa shape index (κ1) is 16.4.